The highest BCUT2D eigenvalue weighted by Gasteiger charge is 2.14. The molecule has 1 N–H and O–H groups in total. The number of phenolic OH excluding ortho intramolecular Hbond substituents is 1. The number of phenols is 1. The Morgan fingerprint density at radius 1 is 1.04 bits per heavy atom. The van der Waals surface area contributed by atoms with Gasteiger partial charge in [0.05, 0.1) is 18.0 Å². The Labute approximate surface area is 167 Å². The lowest BCUT2D eigenvalue weighted by Crippen LogP contribution is -2.19. The number of para-hydroxylation sites is 1. The van der Waals surface area contributed by atoms with Crippen LogP contribution in [0, 0.1) is 5.82 Å². The molecule has 0 unspecified atom stereocenters. The van der Waals surface area contributed by atoms with Crippen molar-refractivity contribution in [3.05, 3.63) is 70.1 Å². The summed E-state index contributed by atoms with van der Waals surface area (Å²) in [5.74, 6) is -0.0912. The van der Waals surface area contributed by atoms with Crippen LogP contribution in [-0.2, 0) is 0 Å². The smallest absolute Gasteiger partial charge is 0.206 e. The zero-order valence-electron chi connectivity index (χ0n) is 15.5. The average Bonchev–Trinajstić information content (AvgIpc) is 3.11. The molecular formula is C22H22FN3OS. The molecule has 0 radical (unpaired) electrons. The highest BCUT2D eigenvalue weighted by atomic mass is 32.1. The summed E-state index contributed by atoms with van der Waals surface area (Å²) in [4.78, 5) is 5.77. The maximum atomic E-state index is 13.4. The molecular weight excluding hydrogens is 373 g/mol. The zero-order valence-corrected chi connectivity index (χ0v) is 16.3. The Hall–Kier alpha value is -2.73. The van der Waals surface area contributed by atoms with Crippen LogP contribution in [-0.4, -0.2) is 22.0 Å². The van der Waals surface area contributed by atoms with Crippen molar-refractivity contribution in [1.82, 2.24) is 4.68 Å². The van der Waals surface area contributed by atoms with E-state index in [9.17, 15) is 9.50 Å². The molecule has 28 heavy (non-hydrogen) atoms. The molecule has 2 aromatic carbocycles. The molecule has 4 nitrogen and oxygen atoms in total. The average molecular weight is 396 g/mol. The van der Waals surface area contributed by atoms with E-state index in [0.717, 1.165) is 28.9 Å². The van der Waals surface area contributed by atoms with Gasteiger partial charge in [0.1, 0.15) is 11.6 Å². The number of halogens is 1. The fourth-order valence-corrected chi connectivity index (χ4v) is 4.31. The number of nitrogens with zero attached hydrogens (tertiary/aromatic N) is 3. The Kier molecular flexibility index (Phi) is 5.67. The molecule has 0 spiro atoms. The Morgan fingerprint density at radius 2 is 1.79 bits per heavy atom. The molecule has 4 rings (SSSR count). The number of rotatable bonds is 4. The minimum Gasteiger partial charge on any atom is -0.507 e. The molecule has 1 heterocycles. The van der Waals surface area contributed by atoms with Crippen molar-refractivity contribution < 1.29 is 9.50 Å². The Morgan fingerprint density at radius 3 is 2.54 bits per heavy atom. The van der Waals surface area contributed by atoms with Crippen molar-refractivity contribution >= 4 is 17.6 Å². The molecule has 1 saturated carbocycles. The maximum Gasteiger partial charge on any atom is 0.206 e. The van der Waals surface area contributed by atoms with Gasteiger partial charge in [-0.3, -0.25) is 4.99 Å². The lowest BCUT2D eigenvalue weighted by atomic mass is 9.96. The van der Waals surface area contributed by atoms with Gasteiger partial charge in [0.2, 0.25) is 4.80 Å². The number of hydrogen-bond donors (Lipinski definition) is 1. The first-order valence-corrected chi connectivity index (χ1v) is 10.4. The first-order chi connectivity index (χ1) is 13.7. The van der Waals surface area contributed by atoms with E-state index in [0.29, 0.717) is 11.6 Å². The summed E-state index contributed by atoms with van der Waals surface area (Å²) in [7, 11) is 0. The van der Waals surface area contributed by atoms with Crippen LogP contribution in [0.15, 0.2) is 64.0 Å². The van der Waals surface area contributed by atoms with Gasteiger partial charge in [-0.15, -0.1) is 11.3 Å². The van der Waals surface area contributed by atoms with Gasteiger partial charge in [0.15, 0.2) is 0 Å². The van der Waals surface area contributed by atoms with Crippen molar-refractivity contribution in [3.8, 4) is 17.0 Å². The largest absolute Gasteiger partial charge is 0.507 e. The molecule has 0 saturated heterocycles. The van der Waals surface area contributed by atoms with Gasteiger partial charge in [-0.25, -0.2) is 9.07 Å². The molecule has 0 amide bonds. The lowest BCUT2D eigenvalue weighted by Gasteiger charge is -2.16. The summed E-state index contributed by atoms with van der Waals surface area (Å²) in [5, 5.41) is 16.6. The summed E-state index contributed by atoms with van der Waals surface area (Å²) in [5.41, 5.74) is 2.36. The van der Waals surface area contributed by atoms with E-state index in [2.05, 4.69) is 5.10 Å². The van der Waals surface area contributed by atoms with E-state index in [4.69, 9.17) is 4.99 Å². The standard InChI is InChI=1S/C22H22FN3OS/c23-18-12-10-16(11-13-18)20-15-28-22(25-19-7-2-1-3-8-19)26(20)24-14-17-6-4-5-9-21(17)27/h4-6,9-15,19,27H,1-3,7-8H2. The first kappa shape index (κ1) is 18.6. The third kappa shape index (κ3) is 4.22. The van der Waals surface area contributed by atoms with E-state index < -0.39 is 0 Å². The van der Waals surface area contributed by atoms with E-state index in [1.807, 2.05) is 11.4 Å². The summed E-state index contributed by atoms with van der Waals surface area (Å²) < 4.78 is 15.1. The van der Waals surface area contributed by atoms with E-state index in [1.165, 1.54) is 42.7 Å². The molecule has 144 valence electrons. The lowest BCUT2D eigenvalue weighted by molar-refractivity contribution is 0.435. The van der Waals surface area contributed by atoms with E-state index >= 15 is 0 Å². The van der Waals surface area contributed by atoms with E-state index in [-0.39, 0.29) is 11.6 Å². The summed E-state index contributed by atoms with van der Waals surface area (Å²) in [6.07, 6.45) is 7.55. The Balaban J connectivity index is 1.77. The number of aromatic hydroxyl groups is 1. The predicted molar refractivity (Wildman–Crippen MR) is 111 cm³/mol. The number of aromatic nitrogens is 1. The van der Waals surface area contributed by atoms with Crippen LogP contribution in [0.4, 0.5) is 4.39 Å². The van der Waals surface area contributed by atoms with Crippen LogP contribution < -0.4 is 4.80 Å². The second-order valence-corrected chi connectivity index (χ2v) is 7.78. The first-order valence-electron chi connectivity index (χ1n) is 9.53. The van der Waals surface area contributed by atoms with Gasteiger partial charge in [0, 0.05) is 16.5 Å². The van der Waals surface area contributed by atoms with Gasteiger partial charge in [-0.2, -0.15) is 5.10 Å². The minimum absolute atomic E-state index is 0.177. The normalized spacial score (nSPS) is 16.1. The molecule has 0 aliphatic heterocycles. The van der Waals surface area contributed by atoms with Crippen molar-refractivity contribution in [2.45, 2.75) is 38.1 Å². The number of benzene rings is 2. The fraction of sp³-hybridized carbons (Fsp3) is 0.273. The van der Waals surface area contributed by atoms with Gasteiger partial charge in [-0.05, 0) is 49.2 Å². The topological polar surface area (TPSA) is 49.9 Å². The molecule has 1 aliphatic carbocycles. The summed E-state index contributed by atoms with van der Waals surface area (Å²) in [6, 6.07) is 13.8. The highest BCUT2D eigenvalue weighted by molar-refractivity contribution is 7.07. The number of thiazole rings is 1. The summed E-state index contributed by atoms with van der Waals surface area (Å²) in [6.45, 7) is 0. The van der Waals surface area contributed by atoms with Crippen molar-refractivity contribution in [3.63, 3.8) is 0 Å². The van der Waals surface area contributed by atoms with Gasteiger partial charge in [0.25, 0.3) is 0 Å². The zero-order chi connectivity index (χ0) is 19.3. The molecule has 6 heteroatoms. The van der Waals surface area contributed by atoms with Crippen LogP contribution in [0.5, 0.6) is 5.75 Å². The van der Waals surface area contributed by atoms with Crippen molar-refractivity contribution in [1.29, 1.82) is 0 Å². The van der Waals surface area contributed by atoms with Crippen LogP contribution in [0.1, 0.15) is 37.7 Å². The third-order valence-electron chi connectivity index (χ3n) is 4.94. The molecule has 1 aliphatic rings. The molecule has 1 fully saturated rings. The molecule has 0 atom stereocenters. The fourth-order valence-electron chi connectivity index (χ4n) is 3.40. The van der Waals surface area contributed by atoms with Crippen molar-refractivity contribution in [2.75, 3.05) is 0 Å². The van der Waals surface area contributed by atoms with E-state index in [1.54, 1.807) is 41.2 Å². The van der Waals surface area contributed by atoms with Crippen molar-refractivity contribution in [2.24, 2.45) is 10.1 Å². The monoisotopic (exact) mass is 395 g/mol. The maximum absolute atomic E-state index is 13.4. The predicted octanol–water partition coefficient (Wildman–Crippen LogP) is 5.18. The van der Waals surface area contributed by atoms with Crippen LogP contribution >= 0.6 is 11.3 Å². The van der Waals surface area contributed by atoms with Gasteiger partial charge in [-0.1, -0.05) is 31.4 Å². The second kappa shape index (κ2) is 8.52. The highest BCUT2D eigenvalue weighted by Crippen LogP contribution is 2.23. The van der Waals surface area contributed by atoms with Crippen LogP contribution in [0.25, 0.3) is 11.3 Å². The molecule has 0 bridgehead atoms. The Bertz CT molecular complexity index is 1030. The number of hydrogen-bond acceptors (Lipinski definition) is 4. The minimum atomic E-state index is -0.268. The molecule has 1 aromatic heterocycles. The second-order valence-electron chi connectivity index (χ2n) is 6.95. The summed E-state index contributed by atoms with van der Waals surface area (Å²) >= 11 is 1.53. The van der Waals surface area contributed by atoms with Crippen LogP contribution in [0.3, 0.4) is 0 Å². The van der Waals surface area contributed by atoms with Gasteiger partial charge < -0.3 is 5.11 Å². The van der Waals surface area contributed by atoms with Gasteiger partial charge >= 0.3 is 0 Å². The van der Waals surface area contributed by atoms with Crippen LogP contribution in [0.2, 0.25) is 0 Å². The SMILES string of the molecule is Oc1ccccc1C=Nn1c(-c2ccc(F)cc2)csc1=NC1CCCCC1. The molecule has 3 aromatic rings. The quantitative estimate of drug-likeness (QED) is 0.608. The third-order valence-corrected chi connectivity index (χ3v) is 5.77.